The number of carbonyl (C=O) groups is 2. The number of hydrogen-bond acceptors (Lipinski definition) is 4. The molecular weight excluding hydrogens is 413 g/mol. The molecule has 2 N–H and O–H groups in total. The lowest BCUT2D eigenvalue weighted by Crippen LogP contribution is -2.60. The SMILES string of the molecule is C[C@](O)(C(=O)O)[C@H]1OCCN(c2ccc(I)cc2)C1=O.Cl. The van der Waals surface area contributed by atoms with Crippen molar-refractivity contribution in [3.63, 3.8) is 0 Å². The average Bonchev–Trinajstić information content (AvgIpc) is 2.40. The van der Waals surface area contributed by atoms with Crippen LogP contribution < -0.4 is 4.90 Å². The van der Waals surface area contributed by atoms with E-state index in [2.05, 4.69) is 22.6 Å². The molecule has 2 rings (SSSR count). The highest BCUT2D eigenvalue weighted by Crippen LogP contribution is 2.25. The number of benzene rings is 1. The molecule has 1 saturated heterocycles. The zero-order valence-corrected chi connectivity index (χ0v) is 14.1. The van der Waals surface area contributed by atoms with Crippen LogP contribution in [0.1, 0.15) is 6.92 Å². The van der Waals surface area contributed by atoms with Gasteiger partial charge in [0.2, 0.25) is 0 Å². The number of amides is 1. The largest absolute Gasteiger partial charge is 0.479 e. The fourth-order valence-electron chi connectivity index (χ4n) is 1.98. The van der Waals surface area contributed by atoms with Crippen LogP contribution in [0, 0.1) is 3.57 Å². The van der Waals surface area contributed by atoms with Crippen molar-refractivity contribution in [2.75, 3.05) is 18.1 Å². The van der Waals surface area contributed by atoms with E-state index in [-0.39, 0.29) is 19.0 Å². The monoisotopic (exact) mass is 427 g/mol. The van der Waals surface area contributed by atoms with Gasteiger partial charge in [-0.15, -0.1) is 12.4 Å². The Labute approximate surface area is 141 Å². The van der Waals surface area contributed by atoms with Crippen LogP contribution in [0.25, 0.3) is 0 Å². The molecule has 0 radical (unpaired) electrons. The third-order valence-electron chi connectivity index (χ3n) is 3.17. The van der Waals surface area contributed by atoms with E-state index in [0.29, 0.717) is 12.2 Å². The first-order valence-corrected chi connectivity index (χ1v) is 7.06. The second-order valence-electron chi connectivity index (χ2n) is 4.67. The van der Waals surface area contributed by atoms with Crippen LogP contribution >= 0.6 is 35.0 Å². The summed E-state index contributed by atoms with van der Waals surface area (Å²) in [5, 5.41) is 18.9. The fourth-order valence-corrected chi connectivity index (χ4v) is 2.34. The molecule has 0 bridgehead atoms. The number of carbonyl (C=O) groups excluding carboxylic acids is 1. The van der Waals surface area contributed by atoms with Gasteiger partial charge in [-0.2, -0.15) is 0 Å². The Bertz CT molecular complexity index is 534. The molecule has 116 valence electrons. The van der Waals surface area contributed by atoms with Crippen LogP contribution in [0.3, 0.4) is 0 Å². The summed E-state index contributed by atoms with van der Waals surface area (Å²) in [5.74, 6) is -2.04. The van der Waals surface area contributed by atoms with E-state index >= 15 is 0 Å². The molecule has 8 heteroatoms. The van der Waals surface area contributed by atoms with Crippen molar-refractivity contribution >= 4 is 52.6 Å². The molecule has 1 aromatic rings. The second-order valence-corrected chi connectivity index (χ2v) is 5.92. The van der Waals surface area contributed by atoms with Crippen LogP contribution in [0.15, 0.2) is 24.3 Å². The van der Waals surface area contributed by atoms with Crippen LogP contribution in [-0.2, 0) is 14.3 Å². The number of nitrogens with zero attached hydrogens (tertiary/aromatic N) is 1. The quantitative estimate of drug-likeness (QED) is 0.710. The molecule has 1 fully saturated rings. The van der Waals surface area contributed by atoms with Gasteiger partial charge >= 0.3 is 5.97 Å². The van der Waals surface area contributed by atoms with Gasteiger partial charge in [0.25, 0.3) is 5.91 Å². The number of hydrogen-bond donors (Lipinski definition) is 2. The third-order valence-corrected chi connectivity index (χ3v) is 3.89. The van der Waals surface area contributed by atoms with E-state index in [4.69, 9.17) is 9.84 Å². The minimum absolute atomic E-state index is 0. The number of halogens is 2. The first-order valence-electron chi connectivity index (χ1n) is 5.98. The van der Waals surface area contributed by atoms with Gasteiger partial charge in [0, 0.05) is 15.8 Å². The van der Waals surface area contributed by atoms with Crippen molar-refractivity contribution in [2.24, 2.45) is 0 Å². The number of morpholine rings is 1. The predicted molar refractivity (Wildman–Crippen MR) is 86.8 cm³/mol. The molecule has 0 saturated carbocycles. The van der Waals surface area contributed by atoms with E-state index in [9.17, 15) is 14.7 Å². The predicted octanol–water partition coefficient (Wildman–Crippen LogP) is 1.28. The zero-order valence-electron chi connectivity index (χ0n) is 11.2. The zero-order chi connectivity index (χ0) is 14.9. The lowest BCUT2D eigenvalue weighted by Gasteiger charge is -2.37. The van der Waals surface area contributed by atoms with Gasteiger partial charge in [0.1, 0.15) is 0 Å². The number of aliphatic carboxylic acids is 1. The van der Waals surface area contributed by atoms with Gasteiger partial charge in [0.05, 0.1) is 6.61 Å². The highest BCUT2D eigenvalue weighted by molar-refractivity contribution is 14.1. The van der Waals surface area contributed by atoms with E-state index in [0.717, 1.165) is 10.5 Å². The lowest BCUT2D eigenvalue weighted by atomic mass is 9.97. The minimum Gasteiger partial charge on any atom is -0.479 e. The second kappa shape index (κ2) is 6.91. The topological polar surface area (TPSA) is 87.1 Å². The molecule has 21 heavy (non-hydrogen) atoms. The summed E-state index contributed by atoms with van der Waals surface area (Å²) >= 11 is 2.15. The number of carboxylic acids is 1. The van der Waals surface area contributed by atoms with Crippen molar-refractivity contribution in [1.29, 1.82) is 0 Å². The van der Waals surface area contributed by atoms with Crippen molar-refractivity contribution in [3.8, 4) is 0 Å². The third kappa shape index (κ3) is 3.65. The van der Waals surface area contributed by atoms with Gasteiger partial charge in [0.15, 0.2) is 11.7 Å². The van der Waals surface area contributed by atoms with Crippen LogP contribution in [-0.4, -0.2) is 46.9 Å². The Morgan fingerprint density at radius 3 is 2.52 bits per heavy atom. The molecule has 0 aliphatic carbocycles. The molecule has 1 aliphatic rings. The number of ether oxygens (including phenoxy) is 1. The number of carboxylic acid groups (broad SMARTS) is 1. The summed E-state index contributed by atoms with van der Waals surface area (Å²) in [6.45, 7) is 1.56. The molecule has 0 spiro atoms. The maximum Gasteiger partial charge on any atom is 0.338 e. The van der Waals surface area contributed by atoms with Crippen molar-refractivity contribution in [1.82, 2.24) is 0 Å². The number of anilines is 1. The first kappa shape index (κ1) is 18.1. The van der Waals surface area contributed by atoms with Gasteiger partial charge in [-0.05, 0) is 53.8 Å². The number of rotatable bonds is 3. The van der Waals surface area contributed by atoms with E-state index < -0.39 is 23.6 Å². The lowest BCUT2D eigenvalue weighted by molar-refractivity contribution is -0.180. The highest BCUT2D eigenvalue weighted by Gasteiger charge is 2.48. The van der Waals surface area contributed by atoms with Gasteiger partial charge in [-0.3, -0.25) is 4.79 Å². The fraction of sp³-hybridized carbons (Fsp3) is 0.385. The maximum absolute atomic E-state index is 12.3. The van der Waals surface area contributed by atoms with E-state index in [1.54, 1.807) is 12.1 Å². The van der Waals surface area contributed by atoms with Crippen molar-refractivity contribution < 1.29 is 24.5 Å². The van der Waals surface area contributed by atoms with Crippen LogP contribution in [0.4, 0.5) is 5.69 Å². The smallest absolute Gasteiger partial charge is 0.338 e. The van der Waals surface area contributed by atoms with Gasteiger partial charge in [-0.25, -0.2) is 4.79 Å². The molecule has 0 unspecified atom stereocenters. The molecule has 0 aromatic heterocycles. The molecular formula is C13H15ClINO5. The summed E-state index contributed by atoms with van der Waals surface area (Å²) in [6, 6.07) is 7.25. The Morgan fingerprint density at radius 1 is 1.43 bits per heavy atom. The summed E-state index contributed by atoms with van der Waals surface area (Å²) in [7, 11) is 0. The highest BCUT2D eigenvalue weighted by atomic mass is 127. The normalized spacial score (nSPS) is 21.4. The molecule has 1 aliphatic heterocycles. The molecule has 1 amide bonds. The first-order chi connectivity index (χ1) is 9.34. The minimum atomic E-state index is -2.25. The summed E-state index contributed by atoms with van der Waals surface area (Å²) in [6.07, 6.45) is -1.41. The average molecular weight is 428 g/mol. The summed E-state index contributed by atoms with van der Waals surface area (Å²) in [5.41, 5.74) is -1.59. The van der Waals surface area contributed by atoms with Gasteiger partial charge < -0.3 is 19.8 Å². The Hall–Kier alpha value is -0.900. The molecule has 2 atom stereocenters. The summed E-state index contributed by atoms with van der Waals surface area (Å²) < 4.78 is 6.20. The van der Waals surface area contributed by atoms with Gasteiger partial charge in [-0.1, -0.05) is 0 Å². The summed E-state index contributed by atoms with van der Waals surface area (Å²) in [4.78, 5) is 24.8. The van der Waals surface area contributed by atoms with E-state index in [1.165, 1.54) is 4.90 Å². The Kier molecular flexibility index (Phi) is 5.97. The van der Waals surface area contributed by atoms with E-state index in [1.807, 2.05) is 12.1 Å². The Morgan fingerprint density at radius 2 is 2.00 bits per heavy atom. The van der Waals surface area contributed by atoms with Crippen LogP contribution in [0.5, 0.6) is 0 Å². The van der Waals surface area contributed by atoms with Crippen molar-refractivity contribution in [2.45, 2.75) is 18.6 Å². The Balaban J connectivity index is 0.00000220. The molecule has 1 aromatic carbocycles. The molecule has 6 nitrogen and oxygen atoms in total. The maximum atomic E-state index is 12.3. The van der Waals surface area contributed by atoms with Crippen LogP contribution in [0.2, 0.25) is 0 Å². The standard InChI is InChI=1S/C13H14INO5.ClH/c1-13(19,12(17)18)10-11(16)15(6-7-20-10)9-4-2-8(14)3-5-9;/h2-5,10,19H,6-7H2,1H3,(H,17,18);1H/t10-,13+;/m0./s1. The number of aliphatic hydroxyl groups is 1. The van der Waals surface area contributed by atoms with Crippen molar-refractivity contribution in [3.05, 3.63) is 27.8 Å². The molecule has 1 heterocycles.